The number of carbonyl (C=O) groups excluding carboxylic acids is 1. The molecule has 0 atom stereocenters. The fraction of sp³-hybridized carbons (Fsp3) is 0.476. The fourth-order valence-corrected chi connectivity index (χ4v) is 3.40. The highest BCUT2D eigenvalue weighted by Gasteiger charge is 2.19. The minimum Gasteiger partial charge on any atom is -0.341 e. The summed E-state index contributed by atoms with van der Waals surface area (Å²) in [6.45, 7) is 8.45. The molecule has 0 bridgehead atoms. The summed E-state index contributed by atoms with van der Waals surface area (Å²) in [6, 6.07) is 6.17. The third-order valence-corrected chi connectivity index (χ3v) is 5.20. The van der Waals surface area contributed by atoms with Crippen LogP contribution in [0.2, 0.25) is 0 Å². The van der Waals surface area contributed by atoms with Crippen LogP contribution in [-0.4, -0.2) is 29.0 Å². The first-order valence-corrected chi connectivity index (χ1v) is 9.61. The third-order valence-electron chi connectivity index (χ3n) is 5.20. The Kier molecular flexibility index (Phi) is 5.86. The lowest BCUT2D eigenvalue weighted by atomic mass is 10.00. The second kappa shape index (κ2) is 8.30. The largest absolute Gasteiger partial charge is 0.341 e. The second-order valence-electron chi connectivity index (χ2n) is 7.05. The lowest BCUT2D eigenvalue weighted by molar-refractivity contribution is 0.102. The number of aromatic nitrogens is 2. The average Bonchev–Trinajstić information content (AvgIpc) is 2.68. The molecular weight excluding hydrogens is 324 g/mol. The molecule has 1 amide bonds. The molecular formula is C21H28N4O. The van der Waals surface area contributed by atoms with Crippen molar-refractivity contribution in [3.8, 4) is 0 Å². The van der Waals surface area contributed by atoms with Gasteiger partial charge >= 0.3 is 0 Å². The molecule has 0 saturated carbocycles. The number of nitrogens with zero attached hydrogens (tertiary/aromatic N) is 3. The fourth-order valence-electron chi connectivity index (χ4n) is 3.40. The maximum absolute atomic E-state index is 12.7. The van der Waals surface area contributed by atoms with E-state index in [-0.39, 0.29) is 5.91 Å². The highest BCUT2D eigenvalue weighted by molar-refractivity contribution is 6.04. The Hall–Kier alpha value is -2.43. The summed E-state index contributed by atoms with van der Waals surface area (Å²) < 4.78 is 0. The maximum Gasteiger partial charge on any atom is 0.258 e. The minimum atomic E-state index is -0.153. The van der Waals surface area contributed by atoms with Crippen LogP contribution in [0.5, 0.6) is 0 Å². The van der Waals surface area contributed by atoms with Gasteiger partial charge in [0.2, 0.25) is 5.95 Å². The number of amides is 1. The molecule has 1 fully saturated rings. The van der Waals surface area contributed by atoms with E-state index in [0.717, 1.165) is 54.6 Å². The number of nitrogens with one attached hydrogen (secondary N) is 1. The Morgan fingerprint density at radius 2 is 1.69 bits per heavy atom. The van der Waals surface area contributed by atoms with Gasteiger partial charge in [0.15, 0.2) is 0 Å². The van der Waals surface area contributed by atoms with Crippen LogP contribution in [0, 0.1) is 5.92 Å². The van der Waals surface area contributed by atoms with Gasteiger partial charge in [0.1, 0.15) is 0 Å². The number of piperidine rings is 1. The Morgan fingerprint density at radius 1 is 1.12 bits per heavy atom. The van der Waals surface area contributed by atoms with E-state index < -0.39 is 0 Å². The van der Waals surface area contributed by atoms with E-state index in [1.807, 2.05) is 6.07 Å². The highest BCUT2D eigenvalue weighted by atomic mass is 16.1. The quantitative estimate of drug-likeness (QED) is 0.880. The number of anilines is 2. The van der Waals surface area contributed by atoms with Gasteiger partial charge in [-0.1, -0.05) is 39.0 Å². The molecule has 1 aromatic heterocycles. The van der Waals surface area contributed by atoms with Crippen LogP contribution in [0.15, 0.2) is 30.6 Å². The smallest absolute Gasteiger partial charge is 0.258 e. The van der Waals surface area contributed by atoms with Crippen LogP contribution in [0.3, 0.4) is 0 Å². The van der Waals surface area contributed by atoms with E-state index in [1.165, 1.54) is 12.8 Å². The van der Waals surface area contributed by atoms with Crippen LogP contribution in [0.4, 0.5) is 11.6 Å². The van der Waals surface area contributed by atoms with Crippen molar-refractivity contribution >= 4 is 17.5 Å². The van der Waals surface area contributed by atoms with Crippen molar-refractivity contribution in [2.75, 3.05) is 23.3 Å². The first-order valence-electron chi connectivity index (χ1n) is 9.61. The third kappa shape index (κ3) is 4.03. The van der Waals surface area contributed by atoms with Gasteiger partial charge in [0, 0.05) is 31.2 Å². The van der Waals surface area contributed by atoms with Gasteiger partial charge in [-0.05, 0) is 42.7 Å². The molecule has 26 heavy (non-hydrogen) atoms. The number of hydrogen-bond acceptors (Lipinski definition) is 4. The molecule has 1 aliphatic rings. The molecule has 3 rings (SSSR count). The first-order chi connectivity index (χ1) is 12.6. The van der Waals surface area contributed by atoms with Crippen molar-refractivity contribution in [3.63, 3.8) is 0 Å². The number of para-hydroxylation sites is 1. The molecule has 0 spiro atoms. The van der Waals surface area contributed by atoms with Crippen LogP contribution in [-0.2, 0) is 12.8 Å². The number of benzene rings is 1. The average molecular weight is 352 g/mol. The molecule has 2 heterocycles. The highest BCUT2D eigenvalue weighted by Crippen LogP contribution is 2.24. The minimum absolute atomic E-state index is 0.153. The second-order valence-corrected chi connectivity index (χ2v) is 7.05. The van der Waals surface area contributed by atoms with Crippen molar-refractivity contribution < 1.29 is 4.79 Å². The molecule has 1 aromatic carbocycles. The standard InChI is InChI=1S/C21H28N4O/c1-4-16-7-6-8-17(5-2)19(16)24-20(26)18-13-22-21(23-14-18)25-11-9-15(3)10-12-25/h6-8,13-15H,4-5,9-12H2,1-3H3,(H,24,26). The topological polar surface area (TPSA) is 58.1 Å². The van der Waals surface area contributed by atoms with Crippen LogP contribution < -0.4 is 10.2 Å². The molecule has 1 aliphatic heterocycles. The van der Waals surface area contributed by atoms with Crippen molar-refractivity contribution in [1.82, 2.24) is 9.97 Å². The number of aryl methyl sites for hydroxylation is 2. The summed E-state index contributed by atoms with van der Waals surface area (Å²) in [5, 5.41) is 3.07. The monoisotopic (exact) mass is 352 g/mol. The zero-order valence-corrected chi connectivity index (χ0v) is 16.0. The van der Waals surface area contributed by atoms with Crippen LogP contribution >= 0.6 is 0 Å². The Balaban J connectivity index is 1.73. The molecule has 0 radical (unpaired) electrons. The van der Waals surface area contributed by atoms with Gasteiger partial charge in [0.25, 0.3) is 5.91 Å². The normalized spacial score (nSPS) is 15.1. The summed E-state index contributed by atoms with van der Waals surface area (Å²) in [5.41, 5.74) is 3.72. The Morgan fingerprint density at radius 3 is 2.23 bits per heavy atom. The lowest BCUT2D eigenvalue weighted by Gasteiger charge is -2.30. The molecule has 138 valence electrons. The van der Waals surface area contributed by atoms with E-state index >= 15 is 0 Å². The van der Waals surface area contributed by atoms with Crippen molar-refractivity contribution in [2.45, 2.75) is 46.5 Å². The molecule has 0 aliphatic carbocycles. The molecule has 5 heteroatoms. The summed E-state index contributed by atoms with van der Waals surface area (Å²) >= 11 is 0. The Bertz CT molecular complexity index is 727. The van der Waals surface area contributed by atoms with E-state index in [1.54, 1.807) is 12.4 Å². The van der Waals surface area contributed by atoms with Gasteiger partial charge in [-0.3, -0.25) is 4.79 Å². The SMILES string of the molecule is CCc1cccc(CC)c1NC(=O)c1cnc(N2CCC(C)CC2)nc1. The summed E-state index contributed by atoms with van der Waals surface area (Å²) in [6.07, 6.45) is 7.36. The van der Waals surface area contributed by atoms with Gasteiger partial charge in [-0.15, -0.1) is 0 Å². The number of carbonyl (C=O) groups is 1. The van der Waals surface area contributed by atoms with Crippen molar-refractivity contribution in [3.05, 3.63) is 47.3 Å². The predicted octanol–water partition coefficient (Wildman–Crippen LogP) is 4.09. The molecule has 1 saturated heterocycles. The van der Waals surface area contributed by atoms with E-state index in [4.69, 9.17) is 0 Å². The molecule has 2 aromatic rings. The molecule has 5 nitrogen and oxygen atoms in total. The van der Waals surface area contributed by atoms with Gasteiger partial charge in [-0.2, -0.15) is 0 Å². The van der Waals surface area contributed by atoms with Crippen molar-refractivity contribution in [1.29, 1.82) is 0 Å². The van der Waals surface area contributed by atoms with Gasteiger partial charge in [-0.25, -0.2) is 9.97 Å². The number of hydrogen-bond donors (Lipinski definition) is 1. The van der Waals surface area contributed by atoms with E-state index in [9.17, 15) is 4.79 Å². The summed E-state index contributed by atoms with van der Waals surface area (Å²) in [5.74, 6) is 1.33. The summed E-state index contributed by atoms with van der Waals surface area (Å²) in [4.78, 5) is 23.7. The van der Waals surface area contributed by atoms with Crippen LogP contribution in [0.25, 0.3) is 0 Å². The lowest BCUT2D eigenvalue weighted by Crippen LogP contribution is -2.34. The zero-order chi connectivity index (χ0) is 18.5. The predicted molar refractivity (Wildman–Crippen MR) is 106 cm³/mol. The maximum atomic E-state index is 12.7. The van der Waals surface area contributed by atoms with E-state index in [2.05, 4.69) is 53.1 Å². The number of rotatable bonds is 5. The van der Waals surface area contributed by atoms with Crippen molar-refractivity contribution in [2.24, 2.45) is 5.92 Å². The van der Waals surface area contributed by atoms with Gasteiger partial charge < -0.3 is 10.2 Å². The first kappa shape index (κ1) is 18.4. The summed E-state index contributed by atoms with van der Waals surface area (Å²) in [7, 11) is 0. The van der Waals surface area contributed by atoms with Gasteiger partial charge in [0.05, 0.1) is 5.56 Å². The molecule has 0 unspecified atom stereocenters. The Labute approximate surface area is 155 Å². The van der Waals surface area contributed by atoms with E-state index in [0.29, 0.717) is 5.56 Å². The van der Waals surface area contributed by atoms with Crippen LogP contribution in [0.1, 0.15) is 55.1 Å². The molecule has 1 N–H and O–H groups in total. The zero-order valence-electron chi connectivity index (χ0n) is 16.0.